The number of nitrogens with zero attached hydrogens (tertiary/aromatic N) is 1. The van der Waals surface area contributed by atoms with Gasteiger partial charge in [-0.2, -0.15) is 0 Å². The molecule has 0 aromatic carbocycles. The Hall–Kier alpha value is -1.20. The summed E-state index contributed by atoms with van der Waals surface area (Å²) in [6.07, 6.45) is 48.9. The van der Waals surface area contributed by atoms with Gasteiger partial charge in [0.05, 0.1) is 12.2 Å². The van der Waals surface area contributed by atoms with Gasteiger partial charge in [0.25, 0.3) is 0 Å². The summed E-state index contributed by atoms with van der Waals surface area (Å²) in [7, 11) is 4.24. The lowest BCUT2D eigenvalue weighted by atomic mass is 9.98. The molecule has 0 radical (unpaired) electrons. The zero-order valence-electron chi connectivity index (χ0n) is 31.8. The van der Waals surface area contributed by atoms with Crippen molar-refractivity contribution in [1.82, 2.24) is 4.90 Å². The number of hydrogen-bond acceptors (Lipinski definition) is 4. The van der Waals surface area contributed by atoms with Crippen LogP contribution < -0.4 is 0 Å². The maximum atomic E-state index is 6.90. The van der Waals surface area contributed by atoms with Crippen LogP contribution in [0.4, 0.5) is 0 Å². The molecule has 272 valence electrons. The van der Waals surface area contributed by atoms with Crippen molar-refractivity contribution in [1.29, 1.82) is 0 Å². The zero-order chi connectivity index (χ0) is 33.8. The summed E-state index contributed by atoms with van der Waals surface area (Å²) in [4.78, 5) is 2.21. The summed E-state index contributed by atoms with van der Waals surface area (Å²) in [6.45, 7) is 7.57. The molecule has 0 saturated carbocycles. The Bertz CT molecular complexity index is 798. The highest BCUT2D eigenvalue weighted by Crippen LogP contribution is 2.44. The fourth-order valence-corrected chi connectivity index (χ4v) is 6.99. The third kappa shape index (κ3) is 19.5. The summed E-state index contributed by atoms with van der Waals surface area (Å²) in [6, 6.07) is 0. The van der Waals surface area contributed by atoms with Crippen LogP contribution in [-0.2, 0) is 14.2 Å². The van der Waals surface area contributed by atoms with Gasteiger partial charge in [0.15, 0.2) is 5.79 Å². The summed E-state index contributed by atoms with van der Waals surface area (Å²) in [5.41, 5.74) is 0. The second-order valence-electron chi connectivity index (χ2n) is 14.7. The minimum atomic E-state index is -0.413. The predicted molar refractivity (Wildman–Crippen MR) is 204 cm³/mol. The molecular weight excluding hydrogens is 578 g/mol. The lowest BCUT2D eigenvalue weighted by Gasteiger charge is -2.31. The third-order valence-electron chi connectivity index (χ3n) is 9.81. The molecule has 0 bridgehead atoms. The Kier molecular flexibility index (Phi) is 24.6. The van der Waals surface area contributed by atoms with Crippen molar-refractivity contribution in [3.8, 4) is 0 Å². The molecule has 0 N–H and O–H groups in total. The quantitative estimate of drug-likeness (QED) is 0.0569. The number of allylic oxidation sites excluding steroid dienone is 8. The molecule has 4 nitrogen and oxygen atoms in total. The van der Waals surface area contributed by atoms with Gasteiger partial charge < -0.3 is 19.1 Å². The standard InChI is InChI=1S/C43H77NO3/c1-6-8-10-12-14-16-18-20-22-24-26-28-30-32-34-36-43(46-41-39(3)45-40(38-44(4)5)42(41)47-43)37-35-33-31-29-27-25-23-21-19-17-15-13-11-9-7-2/h12-15,18-21,39-42H,6-11,16-17,22-38H2,1-5H3/b14-12-,15-13-,20-18-,21-19-. The van der Waals surface area contributed by atoms with Gasteiger partial charge in [-0.3, -0.25) is 0 Å². The maximum absolute atomic E-state index is 6.90. The minimum absolute atomic E-state index is 0.0622. The van der Waals surface area contributed by atoms with Crippen molar-refractivity contribution in [2.75, 3.05) is 20.6 Å². The van der Waals surface area contributed by atoms with Crippen LogP contribution in [-0.4, -0.2) is 55.7 Å². The summed E-state index contributed by atoms with van der Waals surface area (Å²) < 4.78 is 20.0. The van der Waals surface area contributed by atoms with Crippen molar-refractivity contribution in [2.24, 2.45) is 0 Å². The van der Waals surface area contributed by atoms with Crippen LogP contribution in [0.5, 0.6) is 0 Å². The highest BCUT2D eigenvalue weighted by molar-refractivity contribution is 4.99. The number of rotatable bonds is 30. The van der Waals surface area contributed by atoms with E-state index in [1.165, 1.54) is 128 Å². The highest BCUT2D eigenvalue weighted by atomic mass is 16.8. The van der Waals surface area contributed by atoms with Crippen molar-refractivity contribution >= 4 is 0 Å². The lowest BCUT2D eigenvalue weighted by Crippen LogP contribution is -2.38. The first kappa shape index (κ1) is 42.0. The van der Waals surface area contributed by atoms with E-state index in [9.17, 15) is 0 Å². The molecule has 2 aliphatic heterocycles. The Morgan fingerprint density at radius 2 is 0.915 bits per heavy atom. The average Bonchev–Trinajstić information content (AvgIpc) is 3.56. The molecule has 0 spiro atoms. The van der Waals surface area contributed by atoms with Gasteiger partial charge in [-0.05, 0) is 85.2 Å². The lowest BCUT2D eigenvalue weighted by molar-refractivity contribution is -0.217. The van der Waals surface area contributed by atoms with Gasteiger partial charge >= 0.3 is 0 Å². The molecule has 47 heavy (non-hydrogen) atoms. The minimum Gasteiger partial charge on any atom is -0.368 e. The van der Waals surface area contributed by atoms with Crippen LogP contribution in [0.25, 0.3) is 0 Å². The molecule has 2 saturated heterocycles. The average molecular weight is 656 g/mol. The Balaban J connectivity index is 1.65. The molecule has 0 amide bonds. The summed E-state index contributed by atoms with van der Waals surface area (Å²) in [5, 5.41) is 0. The number of unbranched alkanes of at least 4 members (excludes halogenated alkanes) is 16. The van der Waals surface area contributed by atoms with E-state index in [2.05, 4.69) is 88.4 Å². The van der Waals surface area contributed by atoms with E-state index in [0.717, 1.165) is 32.2 Å². The van der Waals surface area contributed by atoms with Gasteiger partial charge in [-0.1, -0.05) is 140 Å². The third-order valence-corrected chi connectivity index (χ3v) is 9.81. The van der Waals surface area contributed by atoms with E-state index in [1.807, 2.05) is 0 Å². The number of hydrogen-bond donors (Lipinski definition) is 0. The molecule has 0 aromatic rings. The van der Waals surface area contributed by atoms with Crippen molar-refractivity contribution in [2.45, 2.75) is 205 Å². The van der Waals surface area contributed by atoms with Gasteiger partial charge in [0, 0.05) is 19.4 Å². The summed E-state index contributed by atoms with van der Waals surface area (Å²) >= 11 is 0. The second kappa shape index (κ2) is 27.6. The Labute approximate surface area is 292 Å². The first-order valence-corrected chi connectivity index (χ1v) is 20.3. The van der Waals surface area contributed by atoms with E-state index < -0.39 is 5.79 Å². The largest absolute Gasteiger partial charge is 0.368 e. The topological polar surface area (TPSA) is 30.9 Å². The fourth-order valence-electron chi connectivity index (χ4n) is 6.99. The maximum Gasteiger partial charge on any atom is 0.169 e. The second-order valence-corrected chi connectivity index (χ2v) is 14.7. The Morgan fingerprint density at radius 1 is 0.511 bits per heavy atom. The van der Waals surface area contributed by atoms with Crippen molar-refractivity contribution < 1.29 is 14.2 Å². The van der Waals surface area contributed by atoms with Gasteiger partial charge in [-0.15, -0.1) is 0 Å². The number of fused-ring (bicyclic) bond motifs is 1. The molecule has 2 heterocycles. The molecule has 0 aromatic heterocycles. The normalized spacial score (nSPS) is 22.8. The molecule has 0 aliphatic carbocycles. The Morgan fingerprint density at radius 3 is 1.36 bits per heavy atom. The van der Waals surface area contributed by atoms with Crippen molar-refractivity contribution in [3.05, 3.63) is 48.6 Å². The molecule has 2 rings (SSSR count). The molecule has 4 atom stereocenters. The van der Waals surface area contributed by atoms with Gasteiger partial charge in [-0.25, -0.2) is 0 Å². The molecule has 2 fully saturated rings. The molecular formula is C43H77NO3. The molecule has 4 heteroatoms. The van der Waals surface area contributed by atoms with Crippen LogP contribution in [0.2, 0.25) is 0 Å². The van der Waals surface area contributed by atoms with Crippen LogP contribution in [0.3, 0.4) is 0 Å². The van der Waals surface area contributed by atoms with Crippen LogP contribution in [0, 0.1) is 0 Å². The fraction of sp³-hybridized carbons (Fsp3) is 0.814. The number of ether oxygens (including phenoxy) is 3. The molecule has 4 unspecified atom stereocenters. The van der Waals surface area contributed by atoms with Crippen molar-refractivity contribution in [3.63, 3.8) is 0 Å². The van der Waals surface area contributed by atoms with E-state index >= 15 is 0 Å². The van der Waals surface area contributed by atoms with E-state index in [4.69, 9.17) is 14.2 Å². The van der Waals surface area contributed by atoms with Crippen LogP contribution in [0.1, 0.15) is 175 Å². The first-order chi connectivity index (χ1) is 23.0. The van der Waals surface area contributed by atoms with Gasteiger partial charge in [0.2, 0.25) is 0 Å². The predicted octanol–water partition coefficient (Wildman–Crippen LogP) is 12.4. The van der Waals surface area contributed by atoms with Crippen LogP contribution in [0.15, 0.2) is 48.6 Å². The van der Waals surface area contributed by atoms with Gasteiger partial charge in [0.1, 0.15) is 12.2 Å². The van der Waals surface area contributed by atoms with E-state index in [1.54, 1.807) is 0 Å². The summed E-state index contributed by atoms with van der Waals surface area (Å²) in [5.74, 6) is -0.413. The molecule has 2 aliphatic rings. The van der Waals surface area contributed by atoms with E-state index in [0.29, 0.717) is 0 Å². The highest BCUT2D eigenvalue weighted by Gasteiger charge is 2.56. The monoisotopic (exact) mass is 656 g/mol. The SMILES string of the molecule is CCCC/C=C\C/C=C\CCCCCCCCC1(CCCCCCCC/C=C\C/C=C\CCCC)OC2C(C)OC(CN(C)C)C2O1. The smallest absolute Gasteiger partial charge is 0.169 e. The first-order valence-electron chi connectivity index (χ1n) is 20.3. The zero-order valence-corrected chi connectivity index (χ0v) is 31.8. The van der Waals surface area contributed by atoms with E-state index in [-0.39, 0.29) is 24.4 Å². The number of likely N-dealkylation sites (N-methyl/N-ethyl adjacent to an activating group) is 1. The van der Waals surface area contributed by atoms with Crippen LogP contribution >= 0.6 is 0 Å².